The van der Waals surface area contributed by atoms with Crippen molar-refractivity contribution < 1.29 is 14.1 Å². The number of carbonyl (C=O) groups is 1. The third-order valence-corrected chi connectivity index (χ3v) is 4.00. The van der Waals surface area contributed by atoms with Crippen LogP contribution in [0.2, 0.25) is 0 Å². The van der Waals surface area contributed by atoms with Gasteiger partial charge >= 0.3 is 0 Å². The summed E-state index contributed by atoms with van der Waals surface area (Å²) in [6.07, 6.45) is 0.984. The topological polar surface area (TPSA) is 80.5 Å². The zero-order valence-corrected chi connectivity index (χ0v) is 14.0. The molecule has 0 unspecified atom stereocenters. The van der Waals surface area contributed by atoms with Crippen LogP contribution in [-0.2, 0) is 4.74 Å². The van der Waals surface area contributed by atoms with Crippen molar-refractivity contribution in [3.05, 3.63) is 35.7 Å². The first kappa shape index (κ1) is 16.6. The Bertz CT molecular complexity index is 701. The normalized spacial score (nSPS) is 18.5. The number of aromatic nitrogens is 2. The van der Waals surface area contributed by atoms with Crippen LogP contribution in [0.4, 0.5) is 0 Å². The second-order valence-corrected chi connectivity index (χ2v) is 6.02. The number of benzene rings is 1. The van der Waals surface area contributed by atoms with Crippen LogP contribution >= 0.6 is 0 Å². The fraction of sp³-hybridized carbons (Fsp3) is 0.471. The quantitative estimate of drug-likeness (QED) is 0.895. The van der Waals surface area contributed by atoms with Gasteiger partial charge in [0.15, 0.2) is 0 Å². The Hall–Kier alpha value is -2.25. The first-order chi connectivity index (χ1) is 11.6. The lowest BCUT2D eigenvalue weighted by Crippen LogP contribution is -2.41. The fourth-order valence-electron chi connectivity index (χ4n) is 2.71. The Labute approximate surface area is 141 Å². The molecule has 1 saturated heterocycles. The van der Waals surface area contributed by atoms with E-state index in [1.54, 1.807) is 19.1 Å². The zero-order valence-electron chi connectivity index (χ0n) is 14.0. The predicted molar refractivity (Wildman–Crippen MR) is 88.7 cm³/mol. The third kappa shape index (κ3) is 4.18. The minimum atomic E-state index is -0.110. The molecular weight excluding hydrogens is 308 g/mol. The Morgan fingerprint density at radius 3 is 3.08 bits per heavy atom. The van der Waals surface area contributed by atoms with Crippen molar-refractivity contribution in [1.29, 1.82) is 0 Å². The van der Waals surface area contributed by atoms with Crippen LogP contribution in [0, 0.1) is 6.92 Å². The number of aryl methyl sites for hydroxylation is 1. The molecule has 0 radical (unpaired) electrons. The van der Waals surface area contributed by atoms with E-state index in [4.69, 9.17) is 9.26 Å². The first-order valence-corrected chi connectivity index (χ1v) is 8.11. The second-order valence-electron chi connectivity index (χ2n) is 6.02. The molecule has 0 saturated carbocycles. The maximum Gasteiger partial charge on any atom is 0.251 e. The summed E-state index contributed by atoms with van der Waals surface area (Å²) in [6.45, 7) is 4.94. The second kappa shape index (κ2) is 7.55. The van der Waals surface area contributed by atoms with Crippen LogP contribution in [0.5, 0.6) is 0 Å². The van der Waals surface area contributed by atoms with Crippen LogP contribution in [0.15, 0.2) is 28.8 Å². The molecule has 24 heavy (non-hydrogen) atoms. The third-order valence-electron chi connectivity index (χ3n) is 4.00. The Balaban J connectivity index is 1.55. The average Bonchev–Trinajstić information content (AvgIpc) is 3.01. The van der Waals surface area contributed by atoms with Crippen LogP contribution in [0.3, 0.4) is 0 Å². The van der Waals surface area contributed by atoms with E-state index in [9.17, 15) is 4.79 Å². The largest absolute Gasteiger partial charge is 0.375 e. The maximum absolute atomic E-state index is 12.3. The van der Waals surface area contributed by atoms with Crippen molar-refractivity contribution in [3.8, 4) is 11.4 Å². The molecule has 2 aromatic rings. The highest BCUT2D eigenvalue weighted by molar-refractivity contribution is 5.95. The van der Waals surface area contributed by atoms with E-state index in [0.29, 0.717) is 23.8 Å². The highest BCUT2D eigenvalue weighted by atomic mass is 16.5. The molecule has 1 amide bonds. The summed E-state index contributed by atoms with van der Waals surface area (Å²) in [5.74, 6) is 0.874. The van der Waals surface area contributed by atoms with Crippen LogP contribution in [0.25, 0.3) is 11.4 Å². The van der Waals surface area contributed by atoms with Gasteiger partial charge in [-0.1, -0.05) is 17.3 Å². The van der Waals surface area contributed by atoms with Crippen molar-refractivity contribution in [3.63, 3.8) is 0 Å². The van der Waals surface area contributed by atoms with Crippen LogP contribution in [-0.4, -0.2) is 60.3 Å². The number of hydrogen-bond acceptors (Lipinski definition) is 6. The SMILES string of the molecule is Cc1nc(-c2cccc(C(=O)NCC[C@@H]3CN(C)CCO3)c2)no1. The molecule has 7 nitrogen and oxygen atoms in total. The molecule has 0 aliphatic carbocycles. The molecule has 1 atom stereocenters. The molecule has 0 bridgehead atoms. The van der Waals surface area contributed by atoms with Gasteiger partial charge in [0.2, 0.25) is 11.7 Å². The Morgan fingerprint density at radius 1 is 1.46 bits per heavy atom. The van der Waals surface area contributed by atoms with Gasteiger partial charge in [-0.15, -0.1) is 0 Å². The zero-order chi connectivity index (χ0) is 16.9. The highest BCUT2D eigenvalue weighted by Gasteiger charge is 2.17. The van der Waals surface area contributed by atoms with E-state index in [-0.39, 0.29) is 12.0 Å². The first-order valence-electron chi connectivity index (χ1n) is 8.11. The fourth-order valence-corrected chi connectivity index (χ4v) is 2.71. The van der Waals surface area contributed by atoms with Gasteiger partial charge in [0.25, 0.3) is 5.91 Å². The number of hydrogen-bond donors (Lipinski definition) is 1. The van der Waals surface area contributed by atoms with Crippen molar-refractivity contribution in [1.82, 2.24) is 20.4 Å². The van der Waals surface area contributed by atoms with Crippen molar-refractivity contribution >= 4 is 5.91 Å². The maximum atomic E-state index is 12.3. The van der Waals surface area contributed by atoms with E-state index in [1.807, 2.05) is 12.1 Å². The number of rotatable bonds is 5. The molecule has 1 fully saturated rings. The minimum absolute atomic E-state index is 0.110. The molecule has 1 aliphatic rings. The highest BCUT2D eigenvalue weighted by Crippen LogP contribution is 2.17. The average molecular weight is 330 g/mol. The van der Waals surface area contributed by atoms with Crippen LogP contribution in [0.1, 0.15) is 22.7 Å². The van der Waals surface area contributed by atoms with Gasteiger partial charge in [-0.3, -0.25) is 4.79 Å². The predicted octanol–water partition coefficient (Wildman–Crippen LogP) is 1.50. The number of nitrogens with zero attached hydrogens (tertiary/aromatic N) is 3. The summed E-state index contributed by atoms with van der Waals surface area (Å²) < 4.78 is 10.7. The van der Waals surface area contributed by atoms with E-state index in [1.165, 1.54) is 0 Å². The van der Waals surface area contributed by atoms with E-state index in [2.05, 4.69) is 27.4 Å². The van der Waals surface area contributed by atoms with Crippen LogP contribution < -0.4 is 5.32 Å². The lowest BCUT2D eigenvalue weighted by atomic mass is 10.1. The molecule has 128 valence electrons. The number of morpholine rings is 1. The molecule has 1 aromatic heterocycles. The van der Waals surface area contributed by atoms with Gasteiger partial charge in [-0.05, 0) is 25.6 Å². The summed E-state index contributed by atoms with van der Waals surface area (Å²) in [4.78, 5) is 18.7. The summed E-state index contributed by atoms with van der Waals surface area (Å²) in [5.41, 5.74) is 1.34. The molecule has 1 N–H and O–H groups in total. The number of likely N-dealkylation sites (N-methyl/N-ethyl adjacent to an activating group) is 1. The lowest BCUT2D eigenvalue weighted by molar-refractivity contribution is -0.0226. The molecule has 7 heteroatoms. The van der Waals surface area contributed by atoms with Gasteiger partial charge in [0.05, 0.1) is 12.7 Å². The molecule has 2 heterocycles. The summed E-state index contributed by atoms with van der Waals surface area (Å²) in [6, 6.07) is 7.21. The van der Waals surface area contributed by atoms with E-state index >= 15 is 0 Å². The monoisotopic (exact) mass is 330 g/mol. The number of nitrogens with one attached hydrogen (secondary N) is 1. The van der Waals surface area contributed by atoms with E-state index in [0.717, 1.165) is 31.7 Å². The molecule has 0 spiro atoms. The Morgan fingerprint density at radius 2 is 2.33 bits per heavy atom. The van der Waals surface area contributed by atoms with Gasteiger partial charge < -0.3 is 19.5 Å². The smallest absolute Gasteiger partial charge is 0.251 e. The lowest BCUT2D eigenvalue weighted by Gasteiger charge is -2.30. The molecule has 1 aliphatic heterocycles. The van der Waals surface area contributed by atoms with Gasteiger partial charge in [-0.25, -0.2) is 0 Å². The molecule has 3 rings (SSSR count). The summed E-state index contributed by atoms with van der Waals surface area (Å²) in [5, 5.41) is 6.82. The standard InChI is InChI=1S/C17H22N4O3/c1-12-19-16(20-24-12)13-4-3-5-14(10-13)17(22)18-7-6-15-11-21(2)8-9-23-15/h3-5,10,15H,6-9,11H2,1-2H3,(H,18,22)/t15-/m1/s1. The van der Waals surface area contributed by atoms with Crippen molar-refractivity contribution in [2.24, 2.45) is 0 Å². The summed E-state index contributed by atoms with van der Waals surface area (Å²) >= 11 is 0. The van der Waals surface area contributed by atoms with Gasteiger partial charge in [0, 0.05) is 37.7 Å². The van der Waals surface area contributed by atoms with Gasteiger partial charge in [-0.2, -0.15) is 4.98 Å². The number of carbonyl (C=O) groups excluding carboxylic acids is 1. The molecular formula is C17H22N4O3. The van der Waals surface area contributed by atoms with E-state index < -0.39 is 0 Å². The Kier molecular flexibility index (Phi) is 5.22. The number of amides is 1. The van der Waals surface area contributed by atoms with Crippen molar-refractivity contribution in [2.45, 2.75) is 19.4 Å². The van der Waals surface area contributed by atoms with Crippen molar-refractivity contribution in [2.75, 3.05) is 33.3 Å². The minimum Gasteiger partial charge on any atom is -0.375 e. The summed E-state index contributed by atoms with van der Waals surface area (Å²) in [7, 11) is 2.08. The molecule has 1 aromatic carbocycles. The number of ether oxygens (including phenoxy) is 1. The van der Waals surface area contributed by atoms with Gasteiger partial charge in [0.1, 0.15) is 0 Å².